The standard InChI is InChI=1S/C20H18F2N4O3/c1-26-17-8-12(4-5-18(17)29-20(26)28)11-2-3-13(15(21)7-11)6-14(9-23)25-19(27)16(22)10-24/h2-5,7-8,14,16H,6,10,24H2,1H3,(H,25,27)/t14-,16-/m0/s1. The second-order valence-electron chi connectivity index (χ2n) is 6.51. The highest BCUT2D eigenvalue weighted by atomic mass is 19.1. The van der Waals surface area contributed by atoms with Gasteiger partial charge >= 0.3 is 5.76 Å². The van der Waals surface area contributed by atoms with E-state index in [-0.39, 0.29) is 12.0 Å². The monoisotopic (exact) mass is 400 g/mol. The van der Waals surface area contributed by atoms with Crippen LogP contribution in [0.3, 0.4) is 0 Å². The summed E-state index contributed by atoms with van der Waals surface area (Å²) in [6.07, 6.45) is -2.05. The van der Waals surface area contributed by atoms with Crippen LogP contribution in [0.25, 0.3) is 22.2 Å². The number of oxazole rings is 1. The fourth-order valence-corrected chi connectivity index (χ4v) is 2.92. The number of nitrogens with two attached hydrogens (primary N) is 1. The number of benzene rings is 2. The second-order valence-corrected chi connectivity index (χ2v) is 6.51. The number of nitrogens with one attached hydrogen (secondary N) is 1. The van der Waals surface area contributed by atoms with Crippen molar-refractivity contribution in [1.29, 1.82) is 5.26 Å². The zero-order valence-electron chi connectivity index (χ0n) is 15.5. The van der Waals surface area contributed by atoms with Crippen LogP contribution in [0.1, 0.15) is 5.56 Å². The van der Waals surface area contributed by atoms with Gasteiger partial charge in [-0.25, -0.2) is 13.6 Å². The van der Waals surface area contributed by atoms with Crippen LogP contribution in [0.15, 0.2) is 45.6 Å². The van der Waals surface area contributed by atoms with Gasteiger partial charge in [0.05, 0.1) is 11.6 Å². The number of aromatic nitrogens is 1. The lowest BCUT2D eigenvalue weighted by molar-refractivity contribution is -0.126. The molecule has 2 aromatic carbocycles. The Morgan fingerprint density at radius 3 is 2.66 bits per heavy atom. The first-order valence-corrected chi connectivity index (χ1v) is 8.76. The first kappa shape index (κ1) is 20.2. The Hall–Kier alpha value is -3.51. The van der Waals surface area contributed by atoms with Crippen molar-refractivity contribution in [3.63, 3.8) is 0 Å². The minimum absolute atomic E-state index is 0.124. The molecular formula is C20H18F2N4O3. The average molecular weight is 400 g/mol. The number of halogens is 2. The number of fused-ring (bicyclic) bond motifs is 1. The summed E-state index contributed by atoms with van der Waals surface area (Å²) >= 11 is 0. The molecule has 0 fully saturated rings. The van der Waals surface area contributed by atoms with Crippen LogP contribution >= 0.6 is 0 Å². The molecule has 1 aromatic heterocycles. The largest absolute Gasteiger partial charge is 0.419 e. The molecule has 3 rings (SSSR count). The van der Waals surface area contributed by atoms with Crippen LogP contribution in [0.4, 0.5) is 8.78 Å². The van der Waals surface area contributed by atoms with E-state index in [2.05, 4.69) is 5.32 Å². The molecule has 150 valence electrons. The topological polar surface area (TPSA) is 114 Å². The second kappa shape index (κ2) is 8.24. The van der Waals surface area contributed by atoms with Gasteiger partial charge in [0.1, 0.15) is 11.9 Å². The SMILES string of the molecule is Cn1c(=O)oc2ccc(-c3ccc(C[C@@H](C#N)NC(=O)[C@@H](F)CN)c(F)c3)cc21. The molecule has 3 aromatic rings. The maximum absolute atomic E-state index is 14.6. The van der Waals surface area contributed by atoms with Gasteiger partial charge in [0.15, 0.2) is 11.8 Å². The van der Waals surface area contributed by atoms with E-state index >= 15 is 0 Å². The lowest BCUT2D eigenvalue weighted by Crippen LogP contribution is -2.42. The third-order valence-electron chi connectivity index (χ3n) is 4.57. The molecule has 0 saturated heterocycles. The summed E-state index contributed by atoms with van der Waals surface area (Å²) in [6.45, 7) is -0.500. The highest BCUT2D eigenvalue weighted by Crippen LogP contribution is 2.26. The Kier molecular flexibility index (Phi) is 5.75. The van der Waals surface area contributed by atoms with E-state index in [1.54, 1.807) is 31.3 Å². The summed E-state index contributed by atoms with van der Waals surface area (Å²) in [5, 5.41) is 11.4. The quantitative estimate of drug-likeness (QED) is 0.655. The van der Waals surface area contributed by atoms with E-state index < -0.39 is 36.2 Å². The molecule has 0 saturated carbocycles. The Morgan fingerprint density at radius 1 is 1.31 bits per heavy atom. The van der Waals surface area contributed by atoms with Gasteiger partial charge in [-0.1, -0.05) is 18.2 Å². The predicted octanol–water partition coefficient (Wildman–Crippen LogP) is 1.79. The molecule has 0 aliphatic rings. The molecule has 0 spiro atoms. The first-order chi connectivity index (χ1) is 13.8. The number of carbonyl (C=O) groups is 1. The number of rotatable bonds is 6. The summed E-state index contributed by atoms with van der Waals surface area (Å²) < 4.78 is 34.3. The number of hydrogen-bond donors (Lipinski definition) is 2. The summed E-state index contributed by atoms with van der Waals surface area (Å²) in [7, 11) is 1.57. The Balaban J connectivity index is 1.83. The van der Waals surface area contributed by atoms with Crippen LogP contribution in [-0.2, 0) is 18.3 Å². The van der Waals surface area contributed by atoms with Crippen molar-refractivity contribution in [3.8, 4) is 17.2 Å². The highest BCUT2D eigenvalue weighted by Gasteiger charge is 2.20. The molecule has 0 unspecified atom stereocenters. The van der Waals surface area contributed by atoms with Crippen molar-refractivity contribution in [2.75, 3.05) is 6.54 Å². The number of hydrogen-bond acceptors (Lipinski definition) is 5. The van der Waals surface area contributed by atoms with Crippen molar-refractivity contribution in [2.24, 2.45) is 12.8 Å². The normalized spacial score (nSPS) is 13.1. The zero-order chi connectivity index (χ0) is 21.1. The van der Waals surface area contributed by atoms with Crippen molar-refractivity contribution in [3.05, 3.63) is 58.3 Å². The van der Waals surface area contributed by atoms with Gasteiger partial charge in [0.2, 0.25) is 0 Å². The van der Waals surface area contributed by atoms with E-state index in [4.69, 9.17) is 15.4 Å². The molecular weight excluding hydrogens is 382 g/mol. The van der Waals surface area contributed by atoms with Crippen LogP contribution < -0.4 is 16.8 Å². The number of alkyl halides is 1. The molecule has 7 nitrogen and oxygen atoms in total. The van der Waals surface area contributed by atoms with Crippen LogP contribution in [0.2, 0.25) is 0 Å². The highest BCUT2D eigenvalue weighted by molar-refractivity contribution is 5.82. The molecule has 9 heteroatoms. The van der Waals surface area contributed by atoms with Gasteiger partial charge in [-0.2, -0.15) is 5.26 Å². The van der Waals surface area contributed by atoms with E-state index in [1.165, 1.54) is 16.7 Å². The number of aryl methyl sites for hydroxylation is 1. The zero-order valence-corrected chi connectivity index (χ0v) is 15.5. The molecule has 0 radical (unpaired) electrons. The van der Waals surface area contributed by atoms with Crippen LogP contribution in [-0.4, -0.2) is 29.2 Å². The molecule has 0 bridgehead atoms. The van der Waals surface area contributed by atoms with Crippen molar-refractivity contribution >= 4 is 17.0 Å². The van der Waals surface area contributed by atoms with Crippen LogP contribution in [0, 0.1) is 17.1 Å². The van der Waals surface area contributed by atoms with Gasteiger partial charge < -0.3 is 15.5 Å². The van der Waals surface area contributed by atoms with Crippen molar-refractivity contribution in [2.45, 2.75) is 18.6 Å². The molecule has 1 amide bonds. The van der Waals surface area contributed by atoms with Gasteiger partial charge in [-0.05, 0) is 34.9 Å². The van der Waals surface area contributed by atoms with E-state index in [1.807, 2.05) is 6.07 Å². The van der Waals surface area contributed by atoms with Gasteiger partial charge in [-0.15, -0.1) is 0 Å². The summed E-state index contributed by atoms with van der Waals surface area (Å²) in [6, 6.07) is 10.2. The maximum atomic E-state index is 14.6. The molecule has 3 N–H and O–H groups in total. The third-order valence-corrected chi connectivity index (χ3v) is 4.57. The van der Waals surface area contributed by atoms with Gasteiger partial charge in [-0.3, -0.25) is 9.36 Å². The van der Waals surface area contributed by atoms with E-state index in [0.29, 0.717) is 22.2 Å². The minimum Gasteiger partial charge on any atom is -0.408 e. The minimum atomic E-state index is -1.92. The number of nitriles is 1. The summed E-state index contributed by atoms with van der Waals surface area (Å²) in [4.78, 5) is 23.2. The fourth-order valence-electron chi connectivity index (χ4n) is 2.92. The van der Waals surface area contributed by atoms with Crippen molar-refractivity contribution < 1.29 is 18.0 Å². The Morgan fingerprint density at radius 2 is 2.00 bits per heavy atom. The van der Waals surface area contributed by atoms with E-state index in [0.717, 1.165) is 0 Å². The average Bonchev–Trinajstić information content (AvgIpc) is 3.01. The predicted molar refractivity (Wildman–Crippen MR) is 102 cm³/mol. The third kappa shape index (κ3) is 4.17. The Labute approximate surface area is 164 Å². The first-order valence-electron chi connectivity index (χ1n) is 8.76. The summed E-state index contributed by atoms with van der Waals surface area (Å²) in [5.74, 6) is -2.07. The lowest BCUT2D eigenvalue weighted by Gasteiger charge is -2.14. The molecule has 29 heavy (non-hydrogen) atoms. The smallest absolute Gasteiger partial charge is 0.408 e. The number of amides is 1. The number of carbonyl (C=O) groups excluding carboxylic acids is 1. The van der Waals surface area contributed by atoms with Crippen molar-refractivity contribution in [1.82, 2.24) is 9.88 Å². The van der Waals surface area contributed by atoms with Crippen LogP contribution in [0.5, 0.6) is 0 Å². The fraction of sp³-hybridized carbons (Fsp3) is 0.250. The number of nitrogens with zero attached hydrogens (tertiary/aromatic N) is 2. The van der Waals surface area contributed by atoms with Gasteiger partial charge in [0.25, 0.3) is 5.91 Å². The molecule has 0 aliphatic heterocycles. The molecule has 2 atom stereocenters. The molecule has 0 aliphatic carbocycles. The van der Waals surface area contributed by atoms with E-state index in [9.17, 15) is 18.4 Å². The lowest BCUT2D eigenvalue weighted by atomic mass is 10.00. The van der Waals surface area contributed by atoms with Gasteiger partial charge in [0, 0.05) is 20.0 Å². The maximum Gasteiger partial charge on any atom is 0.419 e. The molecule has 1 heterocycles. The Bertz CT molecular complexity index is 1160. The summed E-state index contributed by atoms with van der Waals surface area (Å²) in [5.41, 5.74) is 7.51.